The molecule has 0 radical (unpaired) electrons. The Morgan fingerprint density at radius 1 is 1.16 bits per heavy atom. The molecular formula is C18H21BClFO4. The van der Waals surface area contributed by atoms with Crippen molar-refractivity contribution in [2.24, 2.45) is 0 Å². The predicted molar refractivity (Wildman–Crippen MR) is 95.3 cm³/mol. The minimum atomic E-state index is -0.721. The van der Waals surface area contributed by atoms with Gasteiger partial charge in [0.05, 0.1) is 28.9 Å². The van der Waals surface area contributed by atoms with Crippen molar-refractivity contribution in [1.29, 1.82) is 0 Å². The van der Waals surface area contributed by atoms with Gasteiger partial charge in [0.1, 0.15) is 11.6 Å². The van der Waals surface area contributed by atoms with E-state index in [0.717, 1.165) is 0 Å². The topological polar surface area (TPSA) is 44.8 Å². The molecule has 134 valence electrons. The van der Waals surface area contributed by atoms with Crippen molar-refractivity contribution in [3.63, 3.8) is 0 Å². The van der Waals surface area contributed by atoms with E-state index in [9.17, 15) is 9.18 Å². The lowest BCUT2D eigenvalue weighted by Crippen LogP contribution is -2.41. The summed E-state index contributed by atoms with van der Waals surface area (Å²) in [7, 11) is 0.750. The lowest BCUT2D eigenvalue weighted by molar-refractivity contribution is -0.113. The molecular weight excluding hydrogens is 345 g/mol. The van der Waals surface area contributed by atoms with E-state index in [0.29, 0.717) is 24.1 Å². The van der Waals surface area contributed by atoms with E-state index in [1.54, 1.807) is 6.07 Å². The van der Waals surface area contributed by atoms with Gasteiger partial charge in [0.25, 0.3) is 0 Å². The first-order valence-corrected chi connectivity index (χ1v) is 8.60. The first-order valence-electron chi connectivity index (χ1n) is 8.22. The van der Waals surface area contributed by atoms with Gasteiger partial charge >= 0.3 is 7.12 Å². The summed E-state index contributed by atoms with van der Waals surface area (Å²) in [6, 6.07) is 2.91. The molecule has 0 atom stereocenters. The van der Waals surface area contributed by atoms with Crippen molar-refractivity contribution in [3.05, 3.63) is 34.3 Å². The van der Waals surface area contributed by atoms with Gasteiger partial charge in [-0.1, -0.05) is 11.6 Å². The number of benzene rings is 1. The number of ether oxygens (including phenoxy) is 1. The number of hydrogen-bond donors (Lipinski definition) is 0. The van der Waals surface area contributed by atoms with Gasteiger partial charge < -0.3 is 14.0 Å². The second kappa shape index (κ2) is 6.11. The summed E-state index contributed by atoms with van der Waals surface area (Å²) < 4.78 is 31.9. The van der Waals surface area contributed by atoms with Crippen LogP contribution < -0.4 is 5.46 Å². The normalized spacial score (nSPS) is 22.0. The Kier molecular flexibility index (Phi) is 4.50. The van der Waals surface area contributed by atoms with Gasteiger partial charge in [0, 0.05) is 18.4 Å². The van der Waals surface area contributed by atoms with Crippen molar-refractivity contribution in [3.8, 4) is 0 Å². The number of carbonyl (C=O) groups excluding carboxylic acids is 1. The molecule has 1 aliphatic heterocycles. The van der Waals surface area contributed by atoms with E-state index in [-0.39, 0.29) is 21.9 Å². The van der Waals surface area contributed by atoms with Crippen LogP contribution in [0.2, 0.25) is 5.02 Å². The second-order valence-corrected chi connectivity index (χ2v) is 7.78. The molecule has 1 aromatic carbocycles. The maximum absolute atomic E-state index is 14.8. The third kappa shape index (κ3) is 3.00. The minimum absolute atomic E-state index is 0.0845. The largest absolute Gasteiger partial charge is 0.500 e. The number of allylic oxidation sites excluding steroid dienone is 2. The highest BCUT2D eigenvalue weighted by Gasteiger charge is 2.52. The number of halogens is 2. The predicted octanol–water partition coefficient (Wildman–Crippen LogP) is 3.50. The van der Waals surface area contributed by atoms with Crippen molar-refractivity contribution < 1.29 is 23.2 Å². The monoisotopic (exact) mass is 366 g/mol. The molecule has 0 unspecified atom stereocenters. The lowest BCUT2D eigenvalue weighted by Gasteiger charge is -2.32. The second-order valence-electron chi connectivity index (χ2n) is 7.37. The Labute approximate surface area is 152 Å². The Hall–Kier alpha value is -1.37. The number of methoxy groups -OCH3 is 1. The fourth-order valence-corrected chi connectivity index (χ4v) is 3.37. The van der Waals surface area contributed by atoms with Gasteiger partial charge in [0.15, 0.2) is 5.78 Å². The molecule has 1 aromatic rings. The first-order chi connectivity index (χ1) is 11.6. The van der Waals surface area contributed by atoms with Crippen LogP contribution in [0.4, 0.5) is 4.39 Å². The average Bonchev–Trinajstić information content (AvgIpc) is 2.96. The smallest absolute Gasteiger partial charge is 0.494 e. The van der Waals surface area contributed by atoms with Gasteiger partial charge in [-0.2, -0.15) is 0 Å². The quantitative estimate of drug-likeness (QED) is 0.768. The molecule has 25 heavy (non-hydrogen) atoms. The highest BCUT2D eigenvalue weighted by Crippen LogP contribution is 2.39. The van der Waals surface area contributed by atoms with Crippen LogP contribution in [-0.4, -0.2) is 31.2 Å². The van der Waals surface area contributed by atoms with Crippen LogP contribution in [0.3, 0.4) is 0 Å². The molecule has 1 fully saturated rings. The Morgan fingerprint density at radius 3 is 2.28 bits per heavy atom. The molecule has 1 saturated heterocycles. The van der Waals surface area contributed by atoms with Crippen molar-refractivity contribution in [2.45, 2.75) is 51.7 Å². The SMILES string of the molecule is COC1=C(c2c(F)cc(B3OC(C)(C)C(C)(C)O3)cc2Cl)C(=O)CC1. The minimum Gasteiger partial charge on any atom is -0.500 e. The van der Waals surface area contributed by atoms with Crippen LogP contribution in [0.15, 0.2) is 17.9 Å². The van der Waals surface area contributed by atoms with E-state index < -0.39 is 24.1 Å². The zero-order valence-electron chi connectivity index (χ0n) is 15.0. The zero-order chi connectivity index (χ0) is 18.6. The maximum Gasteiger partial charge on any atom is 0.494 e. The summed E-state index contributed by atoms with van der Waals surface area (Å²) in [5.74, 6) is -0.285. The van der Waals surface area contributed by atoms with Crippen LogP contribution in [-0.2, 0) is 18.8 Å². The third-order valence-corrected chi connectivity index (χ3v) is 5.52. The van der Waals surface area contributed by atoms with E-state index in [2.05, 4.69) is 0 Å². The van der Waals surface area contributed by atoms with Gasteiger partial charge in [-0.25, -0.2) is 4.39 Å². The molecule has 0 bridgehead atoms. The summed E-state index contributed by atoms with van der Waals surface area (Å²) in [6.07, 6.45) is 0.757. The molecule has 2 aliphatic rings. The summed E-state index contributed by atoms with van der Waals surface area (Å²) in [5.41, 5.74) is -0.277. The van der Waals surface area contributed by atoms with Crippen LogP contribution in [0, 0.1) is 5.82 Å². The van der Waals surface area contributed by atoms with Gasteiger partial charge in [-0.15, -0.1) is 0 Å². The molecule has 0 saturated carbocycles. The number of carbonyl (C=O) groups is 1. The van der Waals surface area contributed by atoms with Crippen LogP contribution >= 0.6 is 11.6 Å². The number of ketones is 1. The van der Waals surface area contributed by atoms with Crippen molar-refractivity contribution >= 4 is 35.5 Å². The summed E-state index contributed by atoms with van der Waals surface area (Å²) >= 11 is 6.33. The average molecular weight is 367 g/mol. The first kappa shape index (κ1) is 18.4. The molecule has 1 aliphatic carbocycles. The van der Waals surface area contributed by atoms with E-state index in [1.807, 2.05) is 27.7 Å². The third-order valence-electron chi connectivity index (χ3n) is 5.22. The van der Waals surface area contributed by atoms with Crippen molar-refractivity contribution in [1.82, 2.24) is 0 Å². The molecule has 3 rings (SSSR count). The van der Waals surface area contributed by atoms with Crippen LogP contribution in [0.25, 0.3) is 5.57 Å². The summed E-state index contributed by atoms with van der Waals surface area (Å²) in [4.78, 5) is 12.1. The zero-order valence-corrected chi connectivity index (χ0v) is 15.8. The molecule has 0 aromatic heterocycles. The molecule has 4 nitrogen and oxygen atoms in total. The van der Waals surface area contributed by atoms with Crippen LogP contribution in [0.1, 0.15) is 46.1 Å². The molecule has 7 heteroatoms. The van der Waals surface area contributed by atoms with E-state index >= 15 is 0 Å². The Bertz CT molecular complexity index is 733. The highest BCUT2D eigenvalue weighted by molar-refractivity contribution is 6.62. The lowest BCUT2D eigenvalue weighted by atomic mass is 9.78. The molecule has 0 amide bonds. The van der Waals surface area contributed by atoms with E-state index in [1.165, 1.54) is 13.2 Å². The fourth-order valence-electron chi connectivity index (χ4n) is 3.06. The standard InChI is InChI=1S/C18H21BClFO4/c1-17(2)18(3,4)25-19(24-17)10-8-11(20)15(12(21)9-10)16-13(22)6-7-14(16)23-5/h8-9H,6-7H2,1-5H3. The Balaban J connectivity index is 2.02. The molecule has 0 N–H and O–H groups in total. The van der Waals surface area contributed by atoms with Crippen LogP contribution in [0.5, 0.6) is 0 Å². The van der Waals surface area contributed by atoms with Gasteiger partial charge in [-0.3, -0.25) is 4.79 Å². The summed E-state index contributed by atoms with van der Waals surface area (Å²) in [5, 5.41) is 0.143. The molecule has 1 heterocycles. The number of Topliss-reactive ketones (excluding diaryl/α,β-unsaturated/α-hetero) is 1. The van der Waals surface area contributed by atoms with E-state index in [4.69, 9.17) is 25.6 Å². The van der Waals surface area contributed by atoms with Gasteiger partial charge in [-0.05, 0) is 45.3 Å². The summed E-state index contributed by atoms with van der Waals surface area (Å²) in [6.45, 7) is 7.69. The highest BCUT2D eigenvalue weighted by atomic mass is 35.5. The van der Waals surface area contributed by atoms with Crippen molar-refractivity contribution in [2.75, 3.05) is 7.11 Å². The molecule has 0 spiro atoms. The Morgan fingerprint density at radius 2 is 1.76 bits per heavy atom. The maximum atomic E-state index is 14.8. The van der Waals surface area contributed by atoms with Gasteiger partial charge in [0.2, 0.25) is 0 Å². The number of hydrogen-bond acceptors (Lipinski definition) is 4. The fraction of sp³-hybridized carbons (Fsp3) is 0.500. The number of rotatable bonds is 3.